The number of methoxy groups -OCH3 is 1. The number of hydrogen-bond donors (Lipinski definition) is 0. The number of rotatable bonds is 13. The topological polar surface area (TPSA) is 32.8 Å². The first-order valence-electron chi connectivity index (χ1n) is 20.7. The van der Waals surface area contributed by atoms with Gasteiger partial charge in [-0.15, -0.1) is 11.3 Å². The summed E-state index contributed by atoms with van der Waals surface area (Å²) in [7, 11) is 1.43. The van der Waals surface area contributed by atoms with E-state index in [0.29, 0.717) is 12.8 Å². The third-order valence-corrected chi connectivity index (χ3v) is 12.3. The van der Waals surface area contributed by atoms with E-state index in [9.17, 15) is 4.79 Å². The number of benzene rings is 8. The van der Waals surface area contributed by atoms with Crippen molar-refractivity contribution >= 4 is 71.6 Å². The second kappa shape index (κ2) is 17.5. The van der Waals surface area contributed by atoms with Gasteiger partial charge in [-0.3, -0.25) is 4.79 Å². The van der Waals surface area contributed by atoms with E-state index in [1.54, 1.807) is 0 Å². The van der Waals surface area contributed by atoms with E-state index in [1.165, 1.54) is 55.1 Å². The lowest BCUT2D eigenvalue weighted by atomic mass is 10.0. The van der Waals surface area contributed by atoms with Gasteiger partial charge < -0.3 is 14.5 Å². The Labute approximate surface area is 356 Å². The highest BCUT2D eigenvalue weighted by molar-refractivity contribution is 7.25. The molecule has 0 atom stereocenters. The van der Waals surface area contributed by atoms with Crippen molar-refractivity contribution in [1.29, 1.82) is 0 Å². The Morgan fingerprint density at radius 1 is 0.450 bits per heavy atom. The van der Waals surface area contributed by atoms with Crippen molar-refractivity contribution in [2.75, 3.05) is 16.9 Å². The van der Waals surface area contributed by atoms with Gasteiger partial charge in [0.05, 0.1) is 7.11 Å². The van der Waals surface area contributed by atoms with Gasteiger partial charge in [-0.2, -0.15) is 0 Å². The van der Waals surface area contributed by atoms with Crippen molar-refractivity contribution in [3.05, 3.63) is 205 Å². The molecule has 0 bridgehead atoms. The number of aryl methyl sites for hydroxylation is 2. The van der Waals surface area contributed by atoms with Crippen LogP contribution in [0.25, 0.3) is 42.4 Å². The number of para-hydroxylation sites is 2. The predicted octanol–water partition coefficient (Wildman–Crippen LogP) is 15.4. The van der Waals surface area contributed by atoms with Crippen LogP contribution in [0.5, 0.6) is 0 Å². The van der Waals surface area contributed by atoms with E-state index in [-0.39, 0.29) is 5.97 Å². The lowest BCUT2D eigenvalue weighted by molar-refractivity contribution is -0.140. The number of fused-ring (bicyclic) bond motifs is 3. The summed E-state index contributed by atoms with van der Waals surface area (Å²) < 4.78 is 7.40. The van der Waals surface area contributed by atoms with Crippen LogP contribution in [-0.4, -0.2) is 13.1 Å². The fourth-order valence-corrected chi connectivity index (χ4v) is 9.24. The maximum Gasteiger partial charge on any atom is 0.305 e. The van der Waals surface area contributed by atoms with E-state index in [2.05, 4.69) is 205 Å². The number of esters is 1. The highest BCUT2D eigenvalue weighted by Gasteiger charge is 2.16. The lowest BCUT2D eigenvalue weighted by Gasteiger charge is -2.26. The quantitative estimate of drug-likeness (QED) is 0.109. The molecule has 0 saturated heterocycles. The number of hydrogen-bond acceptors (Lipinski definition) is 5. The Morgan fingerprint density at radius 2 is 0.817 bits per heavy atom. The summed E-state index contributed by atoms with van der Waals surface area (Å²) in [5, 5.41) is 2.57. The molecule has 9 aromatic rings. The van der Waals surface area contributed by atoms with Gasteiger partial charge in [0.25, 0.3) is 0 Å². The normalized spacial score (nSPS) is 11.2. The molecule has 0 aliphatic carbocycles. The van der Waals surface area contributed by atoms with Crippen LogP contribution in [0.4, 0.5) is 34.1 Å². The largest absolute Gasteiger partial charge is 0.469 e. The Balaban J connectivity index is 0.965. The Morgan fingerprint density at radius 3 is 1.22 bits per heavy atom. The first kappa shape index (κ1) is 38.6. The molecule has 0 aliphatic heterocycles. The molecule has 0 unspecified atom stereocenters. The molecule has 1 heterocycles. The third-order valence-electron chi connectivity index (χ3n) is 11.2. The van der Waals surface area contributed by atoms with Crippen LogP contribution in [0.15, 0.2) is 194 Å². The summed E-state index contributed by atoms with van der Waals surface area (Å²) in [6, 6.07) is 70.0. The van der Waals surface area contributed by atoms with Crippen LogP contribution in [0, 0.1) is 0 Å². The smallest absolute Gasteiger partial charge is 0.305 e. The molecule has 5 heteroatoms. The summed E-state index contributed by atoms with van der Waals surface area (Å²) in [4.78, 5) is 16.3. The molecule has 0 radical (unpaired) electrons. The maximum absolute atomic E-state index is 11.7. The fourth-order valence-electron chi connectivity index (χ4n) is 8.05. The number of ether oxygens (including phenoxy) is 1. The van der Waals surface area contributed by atoms with Gasteiger partial charge in [-0.05, 0) is 131 Å². The van der Waals surface area contributed by atoms with Crippen molar-refractivity contribution in [2.24, 2.45) is 0 Å². The fraction of sp³-hybridized carbons (Fsp3) is 0.109. The average molecular weight is 799 g/mol. The van der Waals surface area contributed by atoms with E-state index in [1.807, 2.05) is 17.4 Å². The van der Waals surface area contributed by atoms with E-state index >= 15 is 0 Å². The van der Waals surface area contributed by atoms with Crippen LogP contribution >= 0.6 is 11.3 Å². The molecule has 0 saturated carbocycles. The molecule has 9 rings (SSSR count). The first-order valence-corrected chi connectivity index (χ1v) is 21.5. The van der Waals surface area contributed by atoms with Gasteiger partial charge in [-0.1, -0.05) is 123 Å². The standard InChI is InChI=1S/C55H46N2O2S/c1-3-10-39-15-26-47(27-16-39)56(45-11-6-4-7-12-45)49-30-20-41(21-31-49)43-24-34-51-52-35-25-44(38-54(52)60-53(51)37-43)42-22-32-50(33-23-42)57(46-13-8-5-9-14-46)48-28-17-40(18-29-48)19-36-55(58)59-2/h4-9,11-18,20-35,37-38H,3,10,19,36H2,1-2H3. The number of thiophene rings is 1. The van der Waals surface area contributed by atoms with Gasteiger partial charge in [0, 0.05) is 60.7 Å². The Hall–Kier alpha value is -6.95. The molecule has 0 aliphatic rings. The minimum absolute atomic E-state index is 0.195. The summed E-state index contributed by atoms with van der Waals surface area (Å²) in [6.07, 6.45) is 3.25. The average Bonchev–Trinajstić information content (AvgIpc) is 3.68. The second-order valence-electron chi connectivity index (χ2n) is 15.1. The lowest BCUT2D eigenvalue weighted by Crippen LogP contribution is -2.10. The molecule has 1 aromatic heterocycles. The molecule has 8 aromatic carbocycles. The summed E-state index contributed by atoms with van der Waals surface area (Å²) >= 11 is 1.85. The van der Waals surface area contributed by atoms with Gasteiger partial charge >= 0.3 is 5.97 Å². The van der Waals surface area contributed by atoms with Crippen molar-refractivity contribution in [3.63, 3.8) is 0 Å². The zero-order valence-corrected chi connectivity index (χ0v) is 34.7. The van der Waals surface area contributed by atoms with E-state index in [4.69, 9.17) is 4.74 Å². The number of carbonyl (C=O) groups is 1. The molecule has 0 fully saturated rings. The zero-order valence-electron chi connectivity index (χ0n) is 33.9. The monoisotopic (exact) mass is 798 g/mol. The van der Waals surface area contributed by atoms with Gasteiger partial charge in [0.15, 0.2) is 0 Å². The molecule has 60 heavy (non-hydrogen) atoms. The Kier molecular flexibility index (Phi) is 11.2. The highest BCUT2D eigenvalue weighted by Crippen LogP contribution is 2.41. The van der Waals surface area contributed by atoms with Crippen molar-refractivity contribution < 1.29 is 9.53 Å². The highest BCUT2D eigenvalue weighted by atomic mass is 32.1. The molecular formula is C55H46N2O2S. The molecule has 4 nitrogen and oxygen atoms in total. The number of anilines is 6. The predicted molar refractivity (Wildman–Crippen MR) is 254 cm³/mol. The van der Waals surface area contributed by atoms with Crippen molar-refractivity contribution in [2.45, 2.75) is 32.6 Å². The Bertz CT molecular complexity index is 2850. The van der Waals surface area contributed by atoms with Crippen LogP contribution in [0.2, 0.25) is 0 Å². The number of carbonyl (C=O) groups excluding carboxylic acids is 1. The minimum atomic E-state index is -0.195. The van der Waals surface area contributed by atoms with Gasteiger partial charge in [-0.25, -0.2) is 0 Å². The van der Waals surface area contributed by atoms with Gasteiger partial charge in [0.1, 0.15) is 0 Å². The SMILES string of the molecule is CCCc1ccc(N(c2ccccc2)c2ccc(-c3ccc4c(c3)sc3cc(-c5ccc(N(c6ccccc6)c6ccc(CCC(=O)OC)cc6)cc5)ccc34)cc2)cc1. The van der Waals surface area contributed by atoms with Crippen LogP contribution in [0.1, 0.15) is 30.9 Å². The van der Waals surface area contributed by atoms with Crippen molar-refractivity contribution in [1.82, 2.24) is 0 Å². The molecular weight excluding hydrogens is 753 g/mol. The van der Waals surface area contributed by atoms with E-state index < -0.39 is 0 Å². The van der Waals surface area contributed by atoms with Gasteiger partial charge in [0.2, 0.25) is 0 Å². The maximum atomic E-state index is 11.7. The van der Waals surface area contributed by atoms with Crippen molar-refractivity contribution in [3.8, 4) is 22.3 Å². The van der Waals surface area contributed by atoms with Crippen LogP contribution in [-0.2, 0) is 22.4 Å². The number of nitrogens with zero attached hydrogens (tertiary/aromatic N) is 2. The summed E-state index contributed by atoms with van der Waals surface area (Å²) in [6.45, 7) is 2.23. The summed E-state index contributed by atoms with van der Waals surface area (Å²) in [5.41, 5.74) is 13.9. The van der Waals surface area contributed by atoms with Crippen LogP contribution in [0.3, 0.4) is 0 Å². The third kappa shape index (κ3) is 8.18. The molecule has 0 N–H and O–H groups in total. The molecule has 0 spiro atoms. The zero-order chi connectivity index (χ0) is 40.8. The van der Waals surface area contributed by atoms with Crippen LogP contribution < -0.4 is 9.80 Å². The first-order chi connectivity index (χ1) is 29.5. The molecule has 0 amide bonds. The van der Waals surface area contributed by atoms with E-state index in [0.717, 1.165) is 52.5 Å². The molecule has 294 valence electrons. The second-order valence-corrected chi connectivity index (χ2v) is 16.2. The summed E-state index contributed by atoms with van der Waals surface area (Å²) in [5.74, 6) is -0.195. The minimum Gasteiger partial charge on any atom is -0.469 e.